The predicted molar refractivity (Wildman–Crippen MR) is 71.2 cm³/mol. The lowest BCUT2D eigenvalue weighted by atomic mass is 10.2. The molecule has 82 valence electrons. The maximum absolute atomic E-state index is 5.77. The summed E-state index contributed by atoms with van der Waals surface area (Å²) in [5.74, 6) is 1.33. The molecule has 0 radical (unpaired) electrons. The third kappa shape index (κ3) is 2.97. The lowest BCUT2D eigenvalue weighted by Gasteiger charge is -2.06. The van der Waals surface area contributed by atoms with Crippen molar-refractivity contribution in [3.63, 3.8) is 0 Å². The molecule has 2 aromatic rings. The summed E-state index contributed by atoms with van der Waals surface area (Å²) in [6.45, 7) is 0. The number of pyridine rings is 1. The van der Waals surface area contributed by atoms with Crippen molar-refractivity contribution in [2.24, 2.45) is 0 Å². The second-order valence-corrected chi connectivity index (χ2v) is 4.50. The summed E-state index contributed by atoms with van der Waals surface area (Å²) in [7, 11) is 0. The number of halogens is 2. The highest BCUT2D eigenvalue weighted by atomic mass is 79.9. The van der Waals surface area contributed by atoms with Gasteiger partial charge in [-0.2, -0.15) is 0 Å². The summed E-state index contributed by atoms with van der Waals surface area (Å²) >= 11 is 9.12. The largest absolute Gasteiger partial charge is 0.340 e. The van der Waals surface area contributed by atoms with E-state index < -0.39 is 0 Å². The lowest BCUT2D eigenvalue weighted by molar-refractivity contribution is 1.29. The summed E-state index contributed by atoms with van der Waals surface area (Å²) in [6, 6.07) is 11.8. The van der Waals surface area contributed by atoms with Crippen molar-refractivity contribution in [2.45, 2.75) is 5.88 Å². The fraction of sp³-hybridized carbons (Fsp3) is 0.0833. The Balaban J connectivity index is 2.16. The van der Waals surface area contributed by atoms with Crippen molar-refractivity contribution in [2.75, 3.05) is 5.32 Å². The number of rotatable bonds is 3. The van der Waals surface area contributed by atoms with E-state index >= 15 is 0 Å². The highest BCUT2D eigenvalue weighted by molar-refractivity contribution is 9.10. The molecular weight excluding hydrogens is 288 g/mol. The first-order valence-corrected chi connectivity index (χ1v) is 6.14. The average Bonchev–Trinajstić information content (AvgIpc) is 2.32. The zero-order valence-corrected chi connectivity index (χ0v) is 10.8. The molecule has 0 aliphatic heterocycles. The molecule has 0 fully saturated rings. The molecule has 0 spiro atoms. The first kappa shape index (κ1) is 11.4. The number of anilines is 2. The first-order valence-electron chi connectivity index (χ1n) is 4.81. The van der Waals surface area contributed by atoms with Gasteiger partial charge in [0, 0.05) is 22.2 Å². The van der Waals surface area contributed by atoms with Gasteiger partial charge in [0.15, 0.2) is 0 Å². The van der Waals surface area contributed by atoms with Crippen LogP contribution in [0.4, 0.5) is 11.5 Å². The zero-order chi connectivity index (χ0) is 11.4. The number of benzene rings is 1. The van der Waals surface area contributed by atoms with Crippen molar-refractivity contribution < 1.29 is 0 Å². The number of hydrogen-bond donors (Lipinski definition) is 1. The van der Waals surface area contributed by atoms with Gasteiger partial charge in [-0.15, -0.1) is 11.6 Å². The van der Waals surface area contributed by atoms with Gasteiger partial charge in [-0.3, -0.25) is 0 Å². The quantitative estimate of drug-likeness (QED) is 0.853. The van der Waals surface area contributed by atoms with Crippen molar-refractivity contribution in [1.82, 2.24) is 4.98 Å². The van der Waals surface area contributed by atoms with E-state index in [0.717, 1.165) is 21.5 Å². The van der Waals surface area contributed by atoms with Crippen LogP contribution in [0.15, 0.2) is 47.1 Å². The molecule has 0 atom stereocenters. The van der Waals surface area contributed by atoms with Crippen molar-refractivity contribution in [3.8, 4) is 0 Å². The summed E-state index contributed by atoms with van der Waals surface area (Å²) in [5.41, 5.74) is 2.08. The van der Waals surface area contributed by atoms with Crippen molar-refractivity contribution in [1.29, 1.82) is 0 Å². The molecule has 1 N–H and O–H groups in total. The van der Waals surface area contributed by atoms with E-state index in [1.807, 2.05) is 36.4 Å². The fourth-order valence-corrected chi connectivity index (χ4v) is 1.73. The van der Waals surface area contributed by atoms with Crippen molar-refractivity contribution >= 4 is 39.0 Å². The minimum Gasteiger partial charge on any atom is -0.340 e. The van der Waals surface area contributed by atoms with Crippen LogP contribution >= 0.6 is 27.5 Å². The molecule has 1 heterocycles. The van der Waals surface area contributed by atoms with E-state index in [9.17, 15) is 0 Å². The average molecular weight is 298 g/mol. The number of hydrogen-bond acceptors (Lipinski definition) is 2. The molecule has 0 saturated heterocycles. The van der Waals surface area contributed by atoms with Gasteiger partial charge in [-0.25, -0.2) is 4.98 Å². The predicted octanol–water partition coefficient (Wildman–Crippen LogP) is 4.33. The van der Waals surface area contributed by atoms with Gasteiger partial charge in [0.1, 0.15) is 5.82 Å². The Kier molecular flexibility index (Phi) is 3.80. The van der Waals surface area contributed by atoms with Gasteiger partial charge < -0.3 is 5.32 Å². The van der Waals surface area contributed by atoms with Crippen LogP contribution in [0.5, 0.6) is 0 Å². The molecule has 1 aromatic carbocycles. The van der Waals surface area contributed by atoms with Crippen LogP contribution in [0.1, 0.15) is 5.56 Å². The Morgan fingerprint density at radius 2 is 2.12 bits per heavy atom. The third-order valence-corrected chi connectivity index (χ3v) is 2.86. The summed E-state index contributed by atoms with van der Waals surface area (Å²) < 4.78 is 0.965. The monoisotopic (exact) mass is 296 g/mol. The van der Waals surface area contributed by atoms with E-state index in [1.165, 1.54) is 0 Å². The van der Waals surface area contributed by atoms with Crippen LogP contribution in [-0.4, -0.2) is 4.98 Å². The Morgan fingerprint density at radius 3 is 2.81 bits per heavy atom. The molecule has 0 bridgehead atoms. The van der Waals surface area contributed by atoms with Gasteiger partial charge in [-0.05, 0) is 45.8 Å². The lowest BCUT2D eigenvalue weighted by Crippen LogP contribution is -1.93. The second kappa shape index (κ2) is 5.32. The van der Waals surface area contributed by atoms with Gasteiger partial charge in [0.05, 0.1) is 0 Å². The smallest absolute Gasteiger partial charge is 0.130 e. The third-order valence-electron chi connectivity index (χ3n) is 2.08. The van der Waals surface area contributed by atoms with Gasteiger partial charge in [-0.1, -0.05) is 12.1 Å². The van der Waals surface area contributed by atoms with Gasteiger partial charge >= 0.3 is 0 Å². The second-order valence-electron chi connectivity index (χ2n) is 3.32. The molecule has 0 aliphatic rings. The molecule has 0 unspecified atom stereocenters. The molecular formula is C12H10BrClN2. The van der Waals surface area contributed by atoms with Crippen molar-refractivity contribution in [3.05, 3.63) is 52.6 Å². The summed E-state index contributed by atoms with van der Waals surface area (Å²) in [6.07, 6.45) is 1.76. The molecule has 1 aromatic heterocycles. The molecule has 4 heteroatoms. The number of nitrogens with one attached hydrogen (secondary N) is 1. The fourth-order valence-electron chi connectivity index (χ4n) is 1.33. The number of nitrogens with zero attached hydrogens (tertiary/aromatic N) is 1. The van der Waals surface area contributed by atoms with Gasteiger partial charge in [0.2, 0.25) is 0 Å². The van der Waals surface area contributed by atoms with Gasteiger partial charge in [0.25, 0.3) is 0 Å². The Bertz CT molecular complexity index is 471. The topological polar surface area (TPSA) is 24.9 Å². The highest BCUT2D eigenvalue weighted by Crippen LogP contribution is 2.18. The van der Waals surface area contributed by atoms with E-state index in [1.54, 1.807) is 6.20 Å². The van der Waals surface area contributed by atoms with E-state index in [2.05, 4.69) is 26.2 Å². The summed E-state index contributed by atoms with van der Waals surface area (Å²) in [5, 5.41) is 3.22. The highest BCUT2D eigenvalue weighted by Gasteiger charge is 1.97. The first-order chi connectivity index (χ1) is 7.78. The molecule has 16 heavy (non-hydrogen) atoms. The number of aromatic nitrogens is 1. The number of alkyl halides is 1. The van der Waals surface area contributed by atoms with Crippen LogP contribution in [-0.2, 0) is 5.88 Å². The standard InChI is InChI=1S/C12H10BrClN2/c13-10-4-5-12(15-8-10)16-11-3-1-2-9(6-11)7-14/h1-6,8H,7H2,(H,15,16). The summed E-state index contributed by atoms with van der Waals surface area (Å²) in [4.78, 5) is 4.24. The molecule has 0 aliphatic carbocycles. The normalized spacial score (nSPS) is 10.1. The molecule has 0 saturated carbocycles. The molecule has 2 nitrogen and oxygen atoms in total. The van der Waals surface area contributed by atoms with E-state index in [4.69, 9.17) is 11.6 Å². The Morgan fingerprint density at radius 1 is 1.25 bits per heavy atom. The zero-order valence-electron chi connectivity index (χ0n) is 8.45. The maximum atomic E-state index is 5.77. The van der Waals surface area contributed by atoms with Crippen LogP contribution in [0.3, 0.4) is 0 Å². The minimum absolute atomic E-state index is 0.517. The molecule has 2 rings (SSSR count). The minimum atomic E-state index is 0.517. The Hall–Kier alpha value is -1.06. The van der Waals surface area contributed by atoms with Crippen LogP contribution < -0.4 is 5.32 Å². The van der Waals surface area contributed by atoms with E-state index in [-0.39, 0.29) is 0 Å². The van der Waals surface area contributed by atoms with Crippen LogP contribution in [0.2, 0.25) is 0 Å². The van der Waals surface area contributed by atoms with E-state index in [0.29, 0.717) is 5.88 Å². The Labute approximate surface area is 108 Å². The SMILES string of the molecule is ClCc1cccc(Nc2ccc(Br)cn2)c1. The molecule has 0 amide bonds. The van der Waals surface area contributed by atoms with Crippen LogP contribution in [0, 0.1) is 0 Å². The van der Waals surface area contributed by atoms with Crippen LogP contribution in [0.25, 0.3) is 0 Å². The maximum Gasteiger partial charge on any atom is 0.130 e.